The van der Waals surface area contributed by atoms with E-state index in [1.807, 2.05) is 23.5 Å². The lowest BCUT2D eigenvalue weighted by atomic mass is 9.94. The fourth-order valence-corrected chi connectivity index (χ4v) is 9.48. The minimum Gasteiger partial charge on any atom is -0.456 e. The second kappa shape index (κ2) is 12.9. The van der Waals surface area contributed by atoms with Crippen LogP contribution in [0.3, 0.4) is 0 Å². The normalized spacial score (nSPS) is 11.6. The van der Waals surface area contributed by atoms with Gasteiger partial charge in [-0.05, 0) is 93.2 Å². The molecule has 0 radical (unpaired) electrons. The molecule has 0 unspecified atom stereocenters. The molecule has 0 saturated heterocycles. The Labute approximate surface area is 322 Å². The van der Waals surface area contributed by atoms with E-state index in [0.717, 1.165) is 44.6 Å². The van der Waals surface area contributed by atoms with E-state index in [1.165, 1.54) is 58.8 Å². The van der Waals surface area contributed by atoms with Crippen LogP contribution in [0, 0.1) is 0 Å². The second-order valence-electron chi connectivity index (χ2n) is 14.1. The number of hydrogen-bond donors (Lipinski definition) is 0. The number of thiophene rings is 1. The van der Waals surface area contributed by atoms with Gasteiger partial charge in [0.2, 0.25) is 0 Å². The maximum Gasteiger partial charge on any atom is 0.137 e. The Hall–Kier alpha value is -6.94. The molecule has 11 aromatic rings. The lowest BCUT2D eigenvalue weighted by Gasteiger charge is -2.28. The smallest absolute Gasteiger partial charge is 0.137 e. The van der Waals surface area contributed by atoms with Crippen LogP contribution < -0.4 is 4.90 Å². The maximum absolute atomic E-state index is 6.48. The van der Waals surface area contributed by atoms with Crippen LogP contribution >= 0.6 is 11.3 Å². The molecule has 55 heavy (non-hydrogen) atoms. The fraction of sp³-hybridized carbons (Fsp3) is 0. The van der Waals surface area contributed by atoms with Crippen LogP contribution in [0.15, 0.2) is 205 Å². The molecule has 2 aromatic heterocycles. The molecule has 2 nitrogen and oxygen atoms in total. The van der Waals surface area contributed by atoms with Gasteiger partial charge in [-0.1, -0.05) is 140 Å². The van der Waals surface area contributed by atoms with Crippen LogP contribution in [0.1, 0.15) is 0 Å². The zero-order chi connectivity index (χ0) is 36.3. The third kappa shape index (κ3) is 5.32. The molecule has 0 saturated carbocycles. The first-order chi connectivity index (χ1) is 27.3. The summed E-state index contributed by atoms with van der Waals surface area (Å²) in [5.74, 6) is 0. The van der Waals surface area contributed by atoms with E-state index in [-0.39, 0.29) is 0 Å². The predicted molar refractivity (Wildman–Crippen MR) is 235 cm³/mol. The monoisotopic (exact) mass is 719 g/mol. The highest BCUT2D eigenvalue weighted by Crippen LogP contribution is 2.47. The first kappa shape index (κ1) is 31.6. The highest BCUT2D eigenvalue weighted by atomic mass is 32.1. The number of para-hydroxylation sites is 2. The topological polar surface area (TPSA) is 16.4 Å². The molecule has 0 aliphatic heterocycles. The highest BCUT2D eigenvalue weighted by molar-refractivity contribution is 7.25. The first-order valence-corrected chi connectivity index (χ1v) is 19.5. The number of fused-ring (bicyclic) bond motifs is 7. The average molecular weight is 720 g/mol. The van der Waals surface area contributed by atoms with Crippen molar-refractivity contribution in [3.05, 3.63) is 200 Å². The second-order valence-corrected chi connectivity index (χ2v) is 15.1. The molecular formula is C52H33NOS. The minimum atomic E-state index is 0.867. The predicted octanol–water partition coefficient (Wildman–Crippen LogP) is 15.6. The summed E-state index contributed by atoms with van der Waals surface area (Å²) in [5, 5.41) is 7.32. The van der Waals surface area contributed by atoms with Crippen molar-refractivity contribution >= 4 is 81.3 Å². The average Bonchev–Trinajstić information content (AvgIpc) is 3.82. The number of benzene rings is 9. The molecule has 0 atom stereocenters. The molecular weight excluding hydrogens is 687 g/mol. The first-order valence-electron chi connectivity index (χ1n) is 18.7. The Morgan fingerprint density at radius 1 is 0.364 bits per heavy atom. The summed E-state index contributed by atoms with van der Waals surface area (Å²) in [7, 11) is 0. The number of nitrogens with zero attached hydrogens (tertiary/aromatic N) is 1. The number of anilines is 3. The zero-order valence-corrected chi connectivity index (χ0v) is 30.6. The SMILES string of the molecule is c1cc(-c2cccc(N(c3ccc4c(c3)oc3ccccc34)c3ccccc3-c3cccc4sc5ccccc5c34)c2)cc(-c2cccc3ccccc23)c1. The number of furan rings is 1. The molecule has 2 heterocycles. The van der Waals surface area contributed by atoms with Crippen LogP contribution in [0.4, 0.5) is 17.1 Å². The van der Waals surface area contributed by atoms with E-state index < -0.39 is 0 Å². The van der Waals surface area contributed by atoms with Crippen molar-refractivity contribution in [1.29, 1.82) is 0 Å². The molecule has 0 spiro atoms. The largest absolute Gasteiger partial charge is 0.456 e. The fourth-order valence-electron chi connectivity index (χ4n) is 8.34. The molecule has 0 N–H and O–H groups in total. The van der Waals surface area contributed by atoms with E-state index in [0.29, 0.717) is 0 Å². The van der Waals surface area contributed by atoms with E-state index in [4.69, 9.17) is 4.42 Å². The van der Waals surface area contributed by atoms with Crippen molar-refractivity contribution in [2.24, 2.45) is 0 Å². The van der Waals surface area contributed by atoms with Crippen LogP contribution in [-0.2, 0) is 0 Å². The summed E-state index contributed by atoms with van der Waals surface area (Å²) in [4.78, 5) is 2.40. The van der Waals surface area contributed by atoms with Crippen LogP contribution in [0.2, 0.25) is 0 Å². The lowest BCUT2D eigenvalue weighted by molar-refractivity contribution is 0.669. The minimum absolute atomic E-state index is 0.867. The van der Waals surface area contributed by atoms with E-state index in [2.05, 4.69) is 193 Å². The van der Waals surface area contributed by atoms with E-state index in [9.17, 15) is 0 Å². The van der Waals surface area contributed by atoms with Gasteiger partial charge in [0.15, 0.2) is 0 Å². The van der Waals surface area contributed by atoms with Gasteiger partial charge < -0.3 is 9.32 Å². The third-order valence-corrected chi connectivity index (χ3v) is 12.0. The van der Waals surface area contributed by atoms with Gasteiger partial charge in [-0.15, -0.1) is 11.3 Å². The Kier molecular flexibility index (Phi) is 7.39. The molecule has 0 fully saturated rings. The van der Waals surface area contributed by atoms with Gasteiger partial charge in [0, 0.05) is 53.9 Å². The van der Waals surface area contributed by atoms with E-state index in [1.54, 1.807) is 0 Å². The summed E-state index contributed by atoms with van der Waals surface area (Å²) in [5.41, 5.74) is 12.1. The molecule has 0 aliphatic carbocycles. The van der Waals surface area contributed by atoms with Crippen LogP contribution in [0.5, 0.6) is 0 Å². The van der Waals surface area contributed by atoms with Crippen LogP contribution in [0.25, 0.3) is 86.3 Å². The molecule has 11 rings (SSSR count). The zero-order valence-electron chi connectivity index (χ0n) is 29.8. The summed E-state index contributed by atoms with van der Waals surface area (Å²) in [6.07, 6.45) is 0. The van der Waals surface area contributed by atoms with Crippen molar-refractivity contribution < 1.29 is 4.42 Å². The lowest BCUT2D eigenvalue weighted by Crippen LogP contribution is -2.11. The Bertz CT molecular complexity index is 3240. The number of hydrogen-bond acceptors (Lipinski definition) is 3. The van der Waals surface area contributed by atoms with Gasteiger partial charge in [-0.2, -0.15) is 0 Å². The Morgan fingerprint density at radius 3 is 1.93 bits per heavy atom. The van der Waals surface area contributed by atoms with Crippen molar-refractivity contribution in [2.75, 3.05) is 4.90 Å². The van der Waals surface area contributed by atoms with Crippen molar-refractivity contribution in [3.8, 4) is 33.4 Å². The van der Waals surface area contributed by atoms with E-state index >= 15 is 0 Å². The van der Waals surface area contributed by atoms with Crippen molar-refractivity contribution in [3.63, 3.8) is 0 Å². The van der Waals surface area contributed by atoms with Gasteiger partial charge in [-0.3, -0.25) is 0 Å². The van der Waals surface area contributed by atoms with Gasteiger partial charge in [0.25, 0.3) is 0 Å². The molecule has 9 aromatic carbocycles. The maximum atomic E-state index is 6.48. The van der Waals surface area contributed by atoms with Gasteiger partial charge in [-0.25, -0.2) is 0 Å². The van der Waals surface area contributed by atoms with Gasteiger partial charge in [0.1, 0.15) is 11.2 Å². The third-order valence-electron chi connectivity index (χ3n) is 10.9. The number of rotatable bonds is 6. The molecule has 0 aliphatic rings. The quantitative estimate of drug-likeness (QED) is 0.170. The summed E-state index contributed by atoms with van der Waals surface area (Å²) in [6, 6.07) is 72.3. The highest BCUT2D eigenvalue weighted by Gasteiger charge is 2.21. The van der Waals surface area contributed by atoms with Gasteiger partial charge >= 0.3 is 0 Å². The molecule has 3 heteroatoms. The molecule has 0 amide bonds. The summed E-state index contributed by atoms with van der Waals surface area (Å²) < 4.78 is 9.07. The molecule has 258 valence electrons. The summed E-state index contributed by atoms with van der Waals surface area (Å²) >= 11 is 1.85. The van der Waals surface area contributed by atoms with Crippen molar-refractivity contribution in [2.45, 2.75) is 0 Å². The molecule has 0 bridgehead atoms. The summed E-state index contributed by atoms with van der Waals surface area (Å²) in [6.45, 7) is 0. The Morgan fingerprint density at radius 2 is 0.982 bits per heavy atom. The van der Waals surface area contributed by atoms with Crippen molar-refractivity contribution in [1.82, 2.24) is 0 Å². The van der Waals surface area contributed by atoms with Crippen LogP contribution in [-0.4, -0.2) is 0 Å². The standard InChI is InChI=1S/C52H33NOS/c1-2-19-40-34(13-1)14-11-23-41(40)37-17-9-15-35(31-37)36-16-10-18-38(32-36)53(39-29-30-44-43-21-4-7-26-48(43)54-49(44)33-39)47-25-6-3-20-42(47)45-24-12-28-51-52(45)46-22-5-8-27-50(46)55-51/h1-33H. The Balaban J connectivity index is 1.11. The van der Waals surface area contributed by atoms with Gasteiger partial charge in [0.05, 0.1) is 5.69 Å².